The van der Waals surface area contributed by atoms with Crippen LogP contribution in [0.15, 0.2) is 52.8 Å². The molecule has 0 aliphatic carbocycles. The Balaban J connectivity index is 2.21. The second-order valence-electron chi connectivity index (χ2n) is 4.39. The van der Waals surface area contributed by atoms with Gasteiger partial charge in [0.2, 0.25) is 0 Å². The lowest BCUT2D eigenvalue weighted by Crippen LogP contribution is -2.24. The Labute approximate surface area is 153 Å². The van der Waals surface area contributed by atoms with Crippen molar-refractivity contribution >= 4 is 28.8 Å². The third kappa shape index (κ3) is 4.97. The number of nitrogens with zero attached hydrogens (tertiary/aromatic N) is 5. The molecule has 0 amide bonds. The van der Waals surface area contributed by atoms with Crippen LogP contribution in [0.4, 0.5) is 8.78 Å². The van der Waals surface area contributed by atoms with Crippen LogP contribution in [0, 0.1) is 0 Å². The van der Waals surface area contributed by atoms with E-state index in [9.17, 15) is 17.5 Å². The lowest BCUT2D eigenvalue weighted by molar-refractivity contribution is 0.116. The fraction of sp³-hybridized carbons (Fsp3) is 0.143. The number of hydrogen-bond donors (Lipinski definition) is 0. The fourth-order valence-electron chi connectivity index (χ4n) is 1.69. The molecule has 8 nitrogen and oxygen atoms in total. The summed E-state index contributed by atoms with van der Waals surface area (Å²) < 4.78 is 53.9. The summed E-state index contributed by atoms with van der Waals surface area (Å²) in [6, 6.07) is 0. The molecule has 2 aromatic heterocycles. The van der Waals surface area contributed by atoms with Crippen molar-refractivity contribution < 1.29 is 22.0 Å². The average molecular weight is 400 g/mol. The fourth-order valence-corrected chi connectivity index (χ4v) is 3.14. The molecule has 0 saturated heterocycles. The number of rotatable bonds is 9. The van der Waals surface area contributed by atoms with E-state index >= 15 is 0 Å². The van der Waals surface area contributed by atoms with Crippen LogP contribution in [-0.4, -0.2) is 34.5 Å². The maximum atomic E-state index is 12.5. The molecule has 0 aliphatic heterocycles. The van der Waals surface area contributed by atoms with Crippen LogP contribution in [0.25, 0.3) is 10.8 Å². The predicted octanol–water partition coefficient (Wildman–Crippen LogP) is 3.01. The van der Waals surface area contributed by atoms with Gasteiger partial charge in [-0.15, -0.1) is 21.5 Å². The molecule has 0 aliphatic rings. The van der Waals surface area contributed by atoms with Gasteiger partial charge >= 0.3 is 6.43 Å². The molecule has 0 saturated carbocycles. The Bertz CT molecular complexity index is 862. The third-order valence-electron chi connectivity index (χ3n) is 2.78. The first kappa shape index (κ1) is 19.8. The van der Waals surface area contributed by atoms with Crippen LogP contribution in [0.2, 0.25) is 0 Å². The van der Waals surface area contributed by atoms with Gasteiger partial charge in [0.1, 0.15) is 9.88 Å². The summed E-state index contributed by atoms with van der Waals surface area (Å²) >= 11 is -1.57. The van der Waals surface area contributed by atoms with E-state index in [1.54, 1.807) is 0 Å². The highest BCUT2D eigenvalue weighted by atomic mass is 32.2. The molecule has 0 fully saturated rings. The van der Waals surface area contributed by atoms with Crippen molar-refractivity contribution in [2.24, 2.45) is 4.99 Å². The number of alkyl halides is 2. The van der Waals surface area contributed by atoms with Crippen molar-refractivity contribution in [3.63, 3.8) is 0 Å². The summed E-state index contributed by atoms with van der Waals surface area (Å²) in [7, 11) is 0. The number of aromatic nitrogens is 3. The lowest BCUT2D eigenvalue weighted by atomic mass is 10.4. The molecule has 0 bridgehead atoms. The van der Waals surface area contributed by atoms with Crippen LogP contribution >= 0.6 is 11.3 Å². The van der Waals surface area contributed by atoms with Gasteiger partial charge in [0.25, 0.3) is 11.8 Å². The van der Waals surface area contributed by atoms with E-state index in [0.717, 1.165) is 15.6 Å². The summed E-state index contributed by atoms with van der Waals surface area (Å²) in [6.07, 6.45) is 3.89. The lowest BCUT2D eigenvalue weighted by Gasteiger charge is -2.25. The van der Waals surface area contributed by atoms with Gasteiger partial charge in [-0.25, -0.2) is 4.98 Å². The van der Waals surface area contributed by atoms with E-state index in [1.165, 1.54) is 30.8 Å². The first-order valence-corrected chi connectivity index (χ1v) is 8.71. The molecule has 138 valence electrons. The SMILES string of the molecule is C=CN=C/C=C(\C=C)N(Cc1ncc(-c2nnc(C(F)F)o2)s1)S(=O)[O-]. The molecule has 2 heterocycles. The zero-order valence-corrected chi connectivity index (χ0v) is 14.8. The van der Waals surface area contributed by atoms with Gasteiger partial charge in [0.05, 0.1) is 12.7 Å². The number of aliphatic imine (C=N–C) groups is 1. The number of thiazole rings is 1. The average Bonchev–Trinajstić information content (AvgIpc) is 3.26. The summed E-state index contributed by atoms with van der Waals surface area (Å²) in [5, 5.41) is 7.14. The van der Waals surface area contributed by atoms with E-state index in [2.05, 4.69) is 33.3 Å². The Kier molecular flexibility index (Phi) is 7.00. The van der Waals surface area contributed by atoms with Crippen molar-refractivity contribution in [1.82, 2.24) is 19.5 Å². The first-order chi connectivity index (χ1) is 12.5. The number of halogens is 2. The van der Waals surface area contributed by atoms with E-state index in [4.69, 9.17) is 4.42 Å². The molecule has 26 heavy (non-hydrogen) atoms. The van der Waals surface area contributed by atoms with Gasteiger partial charge in [0.15, 0.2) is 0 Å². The summed E-state index contributed by atoms with van der Waals surface area (Å²) in [5.74, 6) is -0.910. The largest absolute Gasteiger partial charge is 0.755 e. The van der Waals surface area contributed by atoms with Crippen LogP contribution < -0.4 is 0 Å². The van der Waals surface area contributed by atoms with E-state index in [1.807, 2.05) is 0 Å². The van der Waals surface area contributed by atoms with Gasteiger partial charge in [0, 0.05) is 29.4 Å². The third-order valence-corrected chi connectivity index (χ3v) is 4.45. The Morgan fingerprint density at radius 1 is 1.50 bits per heavy atom. The van der Waals surface area contributed by atoms with Crippen LogP contribution in [0.5, 0.6) is 0 Å². The summed E-state index contributed by atoms with van der Waals surface area (Å²) in [6.45, 7) is 6.88. The minimum absolute atomic E-state index is 0.101. The maximum absolute atomic E-state index is 12.5. The molecular weight excluding hydrogens is 388 g/mol. The van der Waals surface area contributed by atoms with Gasteiger partial charge in [-0.1, -0.05) is 13.2 Å². The van der Waals surface area contributed by atoms with Crippen molar-refractivity contribution in [3.8, 4) is 10.8 Å². The zero-order valence-electron chi connectivity index (χ0n) is 13.1. The molecule has 1 atom stereocenters. The molecular formula is C14H12F2N5O3S2-. The van der Waals surface area contributed by atoms with E-state index in [0.29, 0.717) is 9.88 Å². The second-order valence-corrected chi connectivity index (χ2v) is 6.38. The van der Waals surface area contributed by atoms with Gasteiger partial charge in [-0.3, -0.25) is 13.5 Å². The van der Waals surface area contributed by atoms with Gasteiger partial charge in [-0.2, -0.15) is 8.78 Å². The van der Waals surface area contributed by atoms with Gasteiger partial charge in [-0.05, 0) is 12.2 Å². The molecule has 2 aromatic rings. The van der Waals surface area contributed by atoms with Crippen LogP contribution in [-0.2, 0) is 17.8 Å². The summed E-state index contributed by atoms with van der Waals surface area (Å²) in [4.78, 5) is 8.15. The van der Waals surface area contributed by atoms with E-state index < -0.39 is 23.6 Å². The molecule has 0 aromatic carbocycles. The standard InChI is InChI=1S/C14H13F2N5O3S2/c1-3-9(5-6-17-4-2)21(26(22)23)8-11-18-7-10(25-11)13-19-20-14(24-13)12(15)16/h3-7,12H,1-2,8H2,(H,22,23)/p-1/b9-5+,17-6?. The van der Waals surface area contributed by atoms with Crippen LogP contribution in [0.1, 0.15) is 17.3 Å². The molecule has 0 N–H and O–H groups in total. The quantitative estimate of drug-likeness (QED) is 0.364. The number of hydrogen-bond acceptors (Lipinski definition) is 8. The highest BCUT2D eigenvalue weighted by Gasteiger charge is 2.19. The number of allylic oxidation sites excluding steroid dienone is 2. The Morgan fingerprint density at radius 3 is 2.85 bits per heavy atom. The monoisotopic (exact) mass is 400 g/mol. The minimum atomic E-state index is -2.88. The second kappa shape index (κ2) is 9.22. The van der Waals surface area contributed by atoms with Crippen molar-refractivity contribution in [1.29, 1.82) is 0 Å². The zero-order chi connectivity index (χ0) is 19.1. The minimum Gasteiger partial charge on any atom is -0.755 e. The molecule has 12 heteroatoms. The van der Waals surface area contributed by atoms with Crippen LogP contribution in [0.3, 0.4) is 0 Å². The smallest absolute Gasteiger partial charge is 0.314 e. The molecule has 2 rings (SSSR count). The maximum Gasteiger partial charge on any atom is 0.314 e. The van der Waals surface area contributed by atoms with Crippen molar-refractivity contribution in [2.45, 2.75) is 13.0 Å². The first-order valence-electron chi connectivity index (χ1n) is 6.86. The molecule has 0 spiro atoms. The highest BCUT2D eigenvalue weighted by Crippen LogP contribution is 2.28. The predicted molar refractivity (Wildman–Crippen MR) is 91.8 cm³/mol. The Hall–Kier alpha value is -2.57. The van der Waals surface area contributed by atoms with Crippen molar-refractivity contribution in [2.75, 3.05) is 0 Å². The normalized spacial score (nSPS) is 13.3. The highest BCUT2D eigenvalue weighted by molar-refractivity contribution is 7.76. The molecule has 1 unspecified atom stereocenters. The topological polar surface area (TPSA) is 108 Å². The Morgan fingerprint density at radius 2 is 2.27 bits per heavy atom. The van der Waals surface area contributed by atoms with Gasteiger partial charge < -0.3 is 8.97 Å². The summed E-state index contributed by atoms with van der Waals surface area (Å²) in [5.41, 5.74) is 0.262. The molecule has 0 radical (unpaired) electrons. The van der Waals surface area contributed by atoms with E-state index in [-0.39, 0.29) is 18.1 Å². The van der Waals surface area contributed by atoms with Crippen molar-refractivity contribution in [3.05, 3.63) is 54.3 Å².